The predicted octanol–water partition coefficient (Wildman–Crippen LogP) is 2.79. The molecule has 0 amide bonds. The van der Waals surface area contributed by atoms with Gasteiger partial charge in [-0.2, -0.15) is 0 Å². The molecular formula is C12H14BrN3. The van der Waals surface area contributed by atoms with E-state index in [1.54, 1.807) is 0 Å². The van der Waals surface area contributed by atoms with Gasteiger partial charge < -0.3 is 10.3 Å². The molecule has 0 saturated carbocycles. The number of H-pyrrole nitrogens is 1. The van der Waals surface area contributed by atoms with Crippen molar-refractivity contribution in [3.05, 3.63) is 28.5 Å². The van der Waals surface area contributed by atoms with E-state index in [4.69, 9.17) is 4.98 Å². The number of piperidine rings is 1. The predicted molar refractivity (Wildman–Crippen MR) is 68.6 cm³/mol. The molecule has 2 N–H and O–H groups in total. The van der Waals surface area contributed by atoms with Crippen molar-refractivity contribution in [2.75, 3.05) is 13.1 Å². The minimum Gasteiger partial charge on any atom is -0.342 e. The summed E-state index contributed by atoms with van der Waals surface area (Å²) in [4.78, 5) is 8.14. The van der Waals surface area contributed by atoms with Crippen LogP contribution in [-0.4, -0.2) is 23.1 Å². The van der Waals surface area contributed by atoms with Crippen molar-refractivity contribution in [3.8, 4) is 0 Å². The summed E-state index contributed by atoms with van der Waals surface area (Å²) < 4.78 is 1.07. The van der Waals surface area contributed by atoms with Crippen LogP contribution in [0, 0.1) is 0 Å². The van der Waals surface area contributed by atoms with Crippen molar-refractivity contribution in [1.82, 2.24) is 15.3 Å². The Labute approximate surface area is 103 Å². The quantitative estimate of drug-likeness (QED) is 0.843. The number of hydrogen-bond acceptors (Lipinski definition) is 2. The smallest absolute Gasteiger partial charge is 0.110 e. The lowest BCUT2D eigenvalue weighted by Gasteiger charge is -2.20. The molecule has 0 spiro atoms. The highest BCUT2D eigenvalue weighted by Crippen LogP contribution is 2.27. The Kier molecular flexibility index (Phi) is 2.69. The topological polar surface area (TPSA) is 40.7 Å². The molecule has 1 aliphatic heterocycles. The SMILES string of the molecule is Brc1cccc2[nH]c(C3CCNCC3)nc12. The zero-order chi connectivity index (χ0) is 11.0. The van der Waals surface area contributed by atoms with Crippen LogP contribution in [0.3, 0.4) is 0 Å². The number of aromatic amines is 1. The summed E-state index contributed by atoms with van der Waals surface area (Å²) in [6.07, 6.45) is 2.36. The maximum Gasteiger partial charge on any atom is 0.110 e. The van der Waals surface area contributed by atoms with Crippen molar-refractivity contribution < 1.29 is 0 Å². The van der Waals surface area contributed by atoms with E-state index >= 15 is 0 Å². The normalized spacial score (nSPS) is 18.1. The second-order valence-corrected chi connectivity index (χ2v) is 5.14. The second kappa shape index (κ2) is 4.18. The number of nitrogens with one attached hydrogen (secondary N) is 2. The van der Waals surface area contributed by atoms with Crippen molar-refractivity contribution in [2.24, 2.45) is 0 Å². The van der Waals surface area contributed by atoms with Crippen LogP contribution in [0.2, 0.25) is 0 Å². The van der Waals surface area contributed by atoms with Gasteiger partial charge in [-0.1, -0.05) is 6.07 Å². The van der Waals surface area contributed by atoms with Gasteiger partial charge in [0, 0.05) is 10.4 Å². The Balaban J connectivity index is 2.01. The molecule has 2 heterocycles. The lowest BCUT2D eigenvalue weighted by atomic mass is 9.98. The van der Waals surface area contributed by atoms with Crippen LogP contribution < -0.4 is 5.32 Å². The Morgan fingerprint density at radius 2 is 2.06 bits per heavy atom. The van der Waals surface area contributed by atoms with E-state index in [-0.39, 0.29) is 0 Å². The standard InChI is InChI=1S/C12H14BrN3/c13-9-2-1-3-10-11(9)16-12(15-10)8-4-6-14-7-5-8/h1-3,8,14H,4-7H2,(H,15,16). The Bertz CT molecular complexity index is 500. The summed E-state index contributed by atoms with van der Waals surface area (Å²) in [7, 11) is 0. The van der Waals surface area contributed by atoms with E-state index in [0.29, 0.717) is 5.92 Å². The molecule has 0 bridgehead atoms. The van der Waals surface area contributed by atoms with Crippen LogP contribution >= 0.6 is 15.9 Å². The molecule has 0 radical (unpaired) electrons. The van der Waals surface area contributed by atoms with E-state index in [1.165, 1.54) is 12.8 Å². The van der Waals surface area contributed by atoms with Crippen LogP contribution in [0.1, 0.15) is 24.6 Å². The molecule has 0 unspecified atom stereocenters. The summed E-state index contributed by atoms with van der Waals surface area (Å²) in [6.45, 7) is 2.20. The lowest BCUT2D eigenvalue weighted by Crippen LogP contribution is -2.27. The summed E-state index contributed by atoms with van der Waals surface area (Å²) in [5.41, 5.74) is 2.18. The first kappa shape index (κ1) is 10.3. The van der Waals surface area contributed by atoms with Gasteiger partial charge in [0.05, 0.1) is 5.52 Å². The van der Waals surface area contributed by atoms with Gasteiger partial charge in [0.25, 0.3) is 0 Å². The number of nitrogens with zero attached hydrogens (tertiary/aromatic N) is 1. The molecule has 1 aliphatic rings. The summed E-state index contributed by atoms with van der Waals surface area (Å²) >= 11 is 3.54. The van der Waals surface area contributed by atoms with Crippen molar-refractivity contribution in [3.63, 3.8) is 0 Å². The largest absolute Gasteiger partial charge is 0.342 e. The Hall–Kier alpha value is -0.870. The summed E-state index contributed by atoms with van der Waals surface area (Å²) in [5.74, 6) is 1.73. The Morgan fingerprint density at radius 1 is 1.25 bits per heavy atom. The van der Waals surface area contributed by atoms with Crippen molar-refractivity contribution in [2.45, 2.75) is 18.8 Å². The Morgan fingerprint density at radius 3 is 2.81 bits per heavy atom. The number of fused-ring (bicyclic) bond motifs is 1. The van der Waals surface area contributed by atoms with Crippen LogP contribution in [-0.2, 0) is 0 Å². The molecule has 0 atom stereocenters. The van der Waals surface area contributed by atoms with Gasteiger partial charge in [-0.3, -0.25) is 0 Å². The van der Waals surface area contributed by atoms with E-state index in [0.717, 1.165) is 34.4 Å². The number of rotatable bonds is 1. The van der Waals surface area contributed by atoms with Crippen LogP contribution in [0.25, 0.3) is 11.0 Å². The number of hydrogen-bond donors (Lipinski definition) is 2. The van der Waals surface area contributed by atoms with E-state index < -0.39 is 0 Å². The minimum atomic E-state index is 0.584. The lowest BCUT2D eigenvalue weighted by molar-refractivity contribution is 0.448. The molecule has 16 heavy (non-hydrogen) atoms. The van der Waals surface area contributed by atoms with Crippen molar-refractivity contribution in [1.29, 1.82) is 0 Å². The minimum absolute atomic E-state index is 0.584. The number of aromatic nitrogens is 2. The molecule has 1 aromatic carbocycles. The fraction of sp³-hybridized carbons (Fsp3) is 0.417. The van der Waals surface area contributed by atoms with Gasteiger partial charge in [0.15, 0.2) is 0 Å². The van der Waals surface area contributed by atoms with Gasteiger partial charge in [-0.15, -0.1) is 0 Å². The fourth-order valence-corrected chi connectivity index (χ4v) is 2.76. The summed E-state index contributed by atoms with van der Waals surface area (Å²) in [5, 5.41) is 3.38. The molecule has 1 aromatic heterocycles. The molecule has 3 rings (SSSR count). The average molecular weight is 280 g/mol. The number of para-hydroxylation sites is 1. The second-order valence-electron chi connectivity index (χ2n) is 4.28. The van der Waals surface area contributed by atoms with Gasteiger partial charge >= 0.3 is 0 Å². The van der Waals surface area contributed by atoms with Gasteiger partial charge in [0.2, 0.25) is 0 Å². The first-order valence-corrected chi connectivity index (χ1v) is 6.49. The summed E-state index contributed by atoms with van der Waals surface area (Å²) in [6, 6.07) is 6.16. The fourth-order valence-electron chi connectivity index (χ4n) is 2.30. The molecule has 1 saturated heterocycles. The third kappa shape index (κ3) is 1.76. The first-order valence-electron chi connectivity index (χ1n) is 5.69. The molecular weight excluding hydrogens is 266 g/mol. The molecule has 4 heteroatoms. The first-order chi connectivity index (χ1) is 7.84. The average Bonchev–Trinajstić information content (AvgIpc) is 2.76. The number of imidazole rings is 1. The highest BCUT2D eigenvalue weighted by molar-refractivity contribution is 9.10. The zero-order valence-electron chi connectivity index (χ0n) is 8.96. The zero-order valence-corrected chi connectivity index (χ0v) is 10.5. The van der Waals surface area contributed by atoms with Crippen LogP contribution in [0.4, 0.5) is 0 Å². The molecule has 2 aromatic rings. The molecule has 84 valence electrons. The third-order valence-electron chi connectivity index (χ3n) is 3.21. The number of halogens is 1. The van der Waals surface area contributed by atoms with Crippen LogP contribution in [0.15, 0.2) is 22.7 Å². The highest BCUT2D eigenvalue weighted by Gasteiger charge is 2.18. The van der Waals surface area contributed by atoms with Gasteiger partial charge in [-0.05, 0) is 54.0 Å². The van der Waals surface area contributed by atoms with Gasteiger partial charge in [-0.25, -0.2) is 4.98 Å². The molecule has 1 fully saturated rings. The maximum absolute atomic E-state index is 4.71. The number of benzene rings is 1. The third-order valence-corrected chi connectivity index (χ3v) is 3.85. The van der Waals surface area contributed by atoms with Crippen molar-refractivity contribution >= 4 is 27.0 Å². The molecule has 0 aliphatic carbocycles. The monoisotopic (exact) mass is 279 g/mol. The van der Waals surface area contributed by atoms with E-state index in [9.17, 15) is 0 Å². The maximum atomic E-state index is 4.71. The van der Waals surface area contributed by atoms with E-state index in [2.05, 4.69) is 32.3 Å². The molecule has 3 nitrogen and oxygen atoms in total. The van der Waals surface area contributed by atoms with Gasteiger partial charge in [0.1, 0.15) is 11.3 Å². The van der Waals surface area contributed by atoms with Crippen LogP contribution in [0.5, 0.6) is 0 Å². The highest BCUT2D eigenvalue weighted by atomic mass is 79.9. The van der Waals surface area contributed by atoms with E-state index in [1.807, 2.05) is 12.1 Å².